The number of halogens is 1. The number of hydrogen-bond acceptors (Lipinski definition) is 2. The Kier molecular flexibility index (Phi) is 3.34. The first-order chi connectivity index (χ1) is 7.31. The maximum atomic E-state index is 13.4. The van der Waals surface area contributed by atoms with E-state index in [4.69, 9.17) is 10.5 Å². The van der Waals surface area contributed by atoms with Crippen molar-refractivity contribution in [2.24, 2.45) is 11.7 Å². The second-order valence-corrected chi connectivity index (χ2v) is 4.02. The monoisotopic (exact) mass is 209 g/mol. The van der Waals surface area contributed by atoms with Gasteiger partial charge in [0.2, 0.25) is 0 Å². The Balaban J connectivity index is 2.00. The number of rotatable bonds is 5. The Morgan fingerprint density at radius 2 is 2.13 bits per heavy atom. The van der Waals surface area contributed by atoms with Crippen LogP contribution in [0.4, 0.5) is 4.39 Å². The summed E-state index contributed by atoms with van der Waals surface area (Å²) in [7, 11) is 0. The molecule has 0 aromatic heterocycles. The maximum absolute atomic E-state index is 13.4. The highest BCUT2D eigenvalue weighted by atomic mass is 19.1. The van der Waals surface area contributed by atoms with Crippen molar-refractivity contribution in [3.63, 3.8) is 0 Å². The minimum Gasteiger partial charge on any atom is -0.372 e. The first kappa shape index (κ1) is 10.6. The van der Waals surface area contributed by atoms with Crippen LogP contribution in [0.15, 0.2) is 24.3 Å². The molecular formula is C12H16FNO. The fraction of sp³-hybridized carbons (Fsp3) is 0.500. The van der Waals surface area contributed by atoms with Crippen molar-refractivity contribution in [1.29, 1.82) is 0 Å². The van der Waals surface area contributed by atoms with Gasteiger partial charge in [0.1, 0.15) is 5.82 Å². The molecule has 0 bridgehead atoms. The lowest BCUT2D eigenvalue weighted by molar-refractivity contribution is 0.0487. The van der Waals surface area contributed by atoms with E-state index in [1.165, 1.54) is 18.9 Å². The smallest absolute Gasteiger partial charge is 0.129 e. The Hall–Kier alpha value is -0.930. The van der Waals surface area contributed by atoms with Crippen molar-refractivity contribution in [3.05, 3.63) is 35.6 Å². The summed E-state index contributed by atoms with van der Waals surface area (Å²) in [5, 5.41) is 0. The third-order valence-corrected chi connectivity index (χ3v) is 2.70. The van der Waals surface area contributed by atoms with Crippen LogP contribution < -0.4 is 5.73 Å². The van der Waals surface area contributed by atoms with E-state index in [9.17, 15) is 4.39 Å². The molecule has 1 aromatic carbocycles. The molecule has 3 heteroatoms. The topological polar surface area (TPSA) is 35.2 Å². The summed E-state index contributed by atoms with van der Waals surface area (Å²) in [5.74, 6) is 0.439. The molecule has 0 aliphatic heterocycles. The second kappa shape index (κ2) is 4.73. The molecule has 82 valence electrons. The van der Waals surface area contributed by atoms with Crippen LogP contribution in [0.2, 0.25) is 0 Å². The zero-order valence-corrected chi connectivity index (χ0v) is 8.66. The average Bonchev–Trinajstić information content (AvgIpc) is 3.05. The van der Waals surface area contributed by atoms with E-state index in [0.29, 0.717) is 24.6 Å². The van der Waals surface area contributed by atoms with E-state index in [-0.39, 0.29) is 11.9 Å². The van der Waals surface area contributed by atoms with E-state index in [0.717, 1.165) is 0 Å². The Morgan fingerprint density at radius 3 is 2.73 bits per heavy atom. The van der Waals surface area contributed by atoms with Gasteiger partial charge in [-0.3, -0.25) is 0 Å². The molecule has 0 radical (unpaired) electrons. The zero-order chi connectivity index (χ0) is 10.7. The van der Waals surface area contributed by atoms with Crippen molar-refractivity contribution < 1.29 is 9.13 Å². The summed E-state index contributed by atoms with van der Waals surface area (Å²) < 4.78 is 19.0. The molecule has 1 aliphatic carbocycles. The Morgan fingerprint density at radius 1 is 1.40 bits per heavy atom. The first-order valence-corrected chi connectivity index (χ1v) is 5.37. The molecule has 1 atom stereocenters. The summed E-state index contributed by atoms with van der Waals surface area (Å²) >= 11 is 0. The van der Waals surface area contributed by atoms with Crippen molar-refractivity contribution in [1.82, 2.24) is 0 Å². The van der Waals surface area contributed by atoms with Crippen LogP contribution in [0.3, 0.4) is 0 Å². The highest BCUT2D eigenvalue weighted by molar-refractivity contribution is 5.20. The predicted molar refractivity (Wildman–Crippen MR) is 56.9 cm³/mol. The van der Waals surface area contributed by atoms with E-state index < -0.39 is 0 Å². The van der Waals surface area contributed by atoms with Gasteiger partial charge in [-0.2, -0.15) is 0 Å². The molecule has 15 heavy (non-hydrogen) atoms. The van der Waals surface area contributed by atoms with Crippen LogP contribution >= 0.6 is 0 Å². The van der Waals surface area contributed by atoms with Gasteiger partial charge in [0.05, 0.1) is 12.7 Å². The molecule has 2 rings (SSSR count). The summed E-state index contributed by atoms with van der Waals surface area (Å²) in [6.45, 7) is 1.03. The minimum atomic E-state index is -0.299. The van der Waals surface area contributed by atoms with Gasteiger partial charge in [-0.15, -0.1) is 0 Å². The van der Waals surface area contributed by atoms with Gasteiger partial charge in [-0.25, -0.2) is 4.39 Å². The van der Waals surface area contributed by atoms with E-state index in [1.807, 2.05) is 6.07 Å². The fourth-order valence-corrected chi connectivity index (χ4v) is 1.56. The number of ether oxygens (including phenoxy) is 1. The first-order valence-electron chi connectivity index (χ1n) is 5.37. The van der Waals surface area contributed by atoms with Crippen LogP contribution in [0.5, 0.6) is 0 Å². The number of hydrogen-bond donors (Lipinski definition) is 1. The van der Waals surface area contributed by atoms with Crippen molar-refractivity contribution in [2.45, 2.75) is 18.9 Å². The second-order valence-electron chi connectivity index (χ2n) is 4.02. The van der Waals surface area contributed by atoms with Gasteiger partial charge in [-0.05, 0) is 24.8 Å². The van der Waals surface area contributed by atoms with Crippen LogP contribution in [0.25, 0.3) is 0 Å². The van der Waals surface area contributed by atoms with Gasteiger partial charge in [0.25, 0.3) is 0 Å². The maximum Gasteiger partial charge on any atom is 0.129 e. The standard InChI is InChI=1S/C12H16FNO/c13-11-4-2-1-3-10(11)12(7-14)15-8-9-5-6-9/h1-4,9,12H,5-8,14H2. The van der Waals surface area contributed by atoms with Gasteiger partial charge in [-0.1, -0.05) is 18.2 Å². The summed E-state index contributed by atoms with van der Waals surface area (Å²) in [4.78, 5) is 0. The largest absolute Gasteiger partial charge is 0.372 e. The highest BCUT2D eigenvalue weighted by Crippen LogP contribution is 2.31. The van der Waals surface area contributed by atoms with Crippen LogP contribution in [-0.2, 0) is 4.74 Å². The summed E-state index contributed by atoms with van der Waals surface area (Å²) in [6, 6.07) is 6.66. The van der Waals surface area contributed by atoms with Crippen LogP contribution in [-0.4, -0.2) is 13.2 Å². The average molecular weight is 209 g/mol. The zero-order valence-electron chi connectivity index (χ0n) is 8.66. The molecule has 1 saturated carbocycles. The lowest BCUT2D eigenvalue weighted by atomic mass is 10.1. The van der Waals surface area contributed by atoms with Gasteiger partial charge in [0, 0.05) is 12.1 Å². The molecule has 1 aromatic rings. The highest BCUT2D eigenvalue weighted by Gasteiger charge is 2.24. The molecule has 1 unspecified atom stereocenters. The van der Waals surface area contributed by atoms with Crippen LogP contribution in [0.1, 0.15) is 24.5 Å². The molecule has 1 aliphatic rings. The fourth-order valence-electron chi connectivity index (χ4n) is 1.56. The summed E-state index contributed by atoms with van der Waals surface area (Å²) in [6.07, 6.45) is 2.16. The molecule has 2 nitrogen and oxygen atoms in total. The minimum absolute atomic E-state index is 0.233. The van der Waals surface area contributed by atoms with Gasteiger partial charge >= 0.3 is 0 Å². The molecule has 0 heterocycles. The number of nitrogens with two attached hydrogens (primary N) is 1. The lowest BCUT2D eigenvalue weighted by Crippen LogP contribution is -2.18. The van der Waals surface area contributed by atoms with E-state index in [2.05, 4.69) is 0 Å². The molecule has 0 spiro atoms. The van der Waals surface area contributed by atoms with Crippen molar-refractivity contribution >= 4 is 0 Å². The molecule has 2 N–H and O–H groups in total. The Labute approximate surface area is 89.2 Å². The number of benzene rings is 1. The van der Waals surface area contributed by atoms with E-state index >= 15 is 0 Å². The molecular weight excluding hydrogens is 193 g/mol. The van der Waals surface area contributed by atoms with Gasteiger partial charge < -0.3 is 10.5 Å². The quantitative estimate of drug-likeness (QED) is 0.807. The third kappa shape index (κ3) is 2.76. The Bertz CT molecular complexity index is 325. The summed E-state index contributed by atoms with van der Waals surface area (Å²) in [5.41, 5.74) is 6.16. The molecule has 0 saturated heterocycles. The normalized spacial score (nSPS) is 17.7. The molecule has 0 amide bonds. The SMILES string of the molecule is NCC(OCC1CC1)c1ccccc1F. The van der Waals surface area contributed by atoms with Crippen molar-refractivity contribution in [2.75, 3.05) is 13.2 Å². The third-order valence-electron chi connectivity index (χ3n) is 2.70. The predicted octanol–water partition coefficient (Wildman–Crippen LogP) is 2.25. The lowest BCUT2D eigenvalue weighted by Gasteiger charge is -2.16. The van der Waals surface area contributed by atoms with Crippen LogP contribution in [0, 0.1) is 11.7 Å². The van der Waals surface area contributed by atoms with E-state index in [1.54, 1.807) is 12.1 Å². The molecule has 1 fully saturated rings. The van der Waals surface area contributed by atoms with Crippen molar-refractivity contribution in [3.8, 4) is 0 Å². The van der Waals surface area contributed by atoms with Gasteiger partial charge in [0.15, 0.2) is 0 Å².